The van der Waals surface area contributed by atoms with Crippen LogP contribution in [0, 0.1) is 6.92 Å². The molecule has 0 aliphatic rings. The highest BCUT2D eigenvalue weighted by atomic mass is 32.1. The fraction of sp³-hybridized carbons (Fsp3) is 0.417. The van der Waals surface area contributed by atoms with Crippen molar-refractivity contribution < 1.29 is 9.21 Å². The first-order valence-electron chi connectivity index (χ1n) is 5.80. The second-order valence-electron chi connectivity index (χ2n) is 3.82. The van der Waals surface area contributed by atoms with Gasteiger partial charge in [-0.25, -0.2) is 9.97 Å². The molecule has 0 saturated heterocycles. The lowest BCUT2D eigenvalue weighted by Crippen LogP contribution is -2.33. The van der Waals surface area contributed by atoms with Crippen LogP contribution in [0.25, 0.3) is 0 Å². The van der Waals surface area contributed by atoms with Crippen LogP contribution in [0.5, 0.6) is 0 Å². The molecule has 2 rings (SSSR count). The van der Waals surface area contributed by atoms with Gasteiger partial charge in [-0.3, -0.25) is 4.79 Å². The number of likely N-dealkylation sites (N-methyl/N-ethyl adjacent to an activating group) is 1. The van der Waals surface area contributed by atoms with Crippen molar-refractivity contribution in [1.82, 2.24) is 14.9 Å². The lowest BCUT2D eigenvalue weighted by Gasteiger charge is -2.19. The van der Waals surface area contributed by atoms with Crippen LogP contribution in [0.3, 0.4) is 0 Å². The normalized spacial score (nSPS) is 10.6. The van der Waals surface area contributed by atoms with E-state index in [2.05, 4.69) is 9.97 Å². The van der Waals surface area contributed by atoms with E-state index in [4.69, 9.17) is 4.42 Å². The van der Waals surface area contributed by atoms with Crippen LogP contribution in [-0.4, -0.2) is 33.9 Å². The Morgan fingerprint density at radius 2 is 2.33 bits per heavy atom. The molecule has 18 heavy (non-hydrogen) atoms. The molecule has 0 unspecified atom stereocenters. The summed E-state index contributed by atoms with van der Waals surface area (Å²) >= 11 is 1.60. The number of nitrogens with zero attached hydrogens (tertiary/aromatic N) is 3. The van der Waals surface area contributed by atoms with E-state index in [0.29, 0.717) is 24.5 Å². The Hall–Kier alpha value is -1.69. The molecule has 2 aromatic rings. The Balaban J connectivity index is 2.00. The summed E-state index contributed by atoms with van der Waals surface area (Å²) in [6.07, 6.45) is 3.85. The summed E-state index contributed by atoms with van der Waals surface area (Å²) in [5, 5.41) is 2.98. The van der Waals surface area contributed by atoms with Crippen LogP contribution >= 0.6 is 11.3 Å². The summed E-state index contributed by atoms with van der Waals surface area (Å²) in [5.74, 6) is 0.480. The highest BCUT2D eigenvalue weighted by molar-refractivity contribution is 7.09. The van der Waals surface area contributed by atoms with Gasteiger partial charge in [0, 0.05) is 31.1 Å². The van der Waals surface area contributed by atoms with Gasteiger partial charge in [-0.2, -0.15) is 0 Å². The number of oxazole rings is 1. The SMILES string of the molecule is CCN(CCc1nccs1)C(=O)c1ncoc1C. The second-order valence-corrected chi connectivity index (χ2v) is 4.80. The zero-order valence-corrected chi connectivity index (χ0v) is 11.2. The van der Waals surface area contributed by atoms with Crippen molar-refractivity contribution >= 4 is 17.2 Å². The first-order chi connectivity index (χ1) is 8.72. The number of rotatable bonds is 5. The summed E-state index contributed by atoms with van der Waals surface area (Å²) in [7, 11) is 0. The van der Waals surface area contributed by atoms with E-state index in [1.165, 1.54) is 6.39 Å². The number of hydrogen-bond donors (Lipinski definition) is 0. The van der Waals surface area contributed by atoms with Gasteiger partial charge in [-0.1, -0.05) is 0 Å². The summed E-state index contributed by atoms with van der Waals surface area (Å²) in [4.78, 5) is 22.1. The number of amides is 1. The molecule has 0 N–H and O–H groups in total. The molecule has 96 valence electrons. The maximum absolute atomic E-state index is 12.2. The number of hydrogen-bond acceptors (Lipinski definition) is 5. The highest BCUT2D eigenvalue weighted by Crippen LogP contribution is 2.10. The van der Waals surface area contributed by atoms with Crippen molar-refractivity contribution in [3.8, 4) is 0 Å². The van der Waals surface area contributed by atoms with Gasteiger partial charge in [0.05, 0.1) is 5.01 Å². The highest BCUT2D eigenvalue weighted by Gasteiger charge is 2.19. The van der Waals surface area contributed by atoms with Gasteiger partial charge < -0.3 is 9.32 Å². The molecule has 6 heteroatoms. The largest absolute Gasteiger partial charge is 0.448 e. The Morgan fingerprint density at radius 1 is 1.50 bits per heavy atom. The molecule has 1 amide bonds. The van der Waals surface area contributed by atoms with E-state index >= 15 is 0 Å². The molecule has 0 bridgehead atoms. The monoisotopic (exact) mass is 265 g/mol. The van der Waals surface area contributed by atoms with Gasteiger partial charge in [0.1, 0.15) is 5.76 Å². The third-order valence-electron chi connectivity index (χ3n) is 2.70. The zero-order valence-electron chi connectivity index (χ0n) is 10.4. The topological polar surface area (TPSA) is 59.2 Å². The van der Waals surface area contributed by atoms with Crippen molar-refractivity contribution in [2.45, 2.75) is 20.3 Å². The molecule has 0 aliphatic heterocycles. The van der Waals surface area contributed by atoms with Crippen LogP contribution in [-0.2, 0) is 6.42 Å². The average molecular weight is 265 g/mol. The maximum Gasteiger partial charge on any atom is 0.276 e. The quantitative estimate of drug-likeness (QED) is 0.831. The summed E-state index contributed by atoms with van der Waals surface area (Å²) in [5.41, 5.74) is 0.399. The van der Waals surface area contributed by atoms with Gasteiger partial charge in [-0.15, -0.1) is 11.3 Å². The van der Waals surface area contributed by atoms with Crippen molar-refractivity contribution in [2.75, 3.05) is 13.1 Å². The number of thiazole rings is 1. The third-order valence-corrected chi connectivity index (χ3v) is 3.53. The van der Waals surface area contributed by atoms with Crippen LogP contribution in [0.4, 0.5) is 0 Å². The molecule has 0 spiro atoms. The van der Waals surface area contributed by atoms with Crippen LogP contribution in [0.2, 0.25) is 0 Å². The number of carbonyl (C=O) groups excluding carboxylic acids is 1. The van der Waals surface area contributed by atoms with Crippen molar-refractivity contribution in [2.24, 2.45) is 0 Å². The van der Waals surface area contributed by atoms with Gasteiger partial charge in [0.15, 0.2) is 12.1 Å². The summed E-state index contributed by atoms with van der Waals surface area (Å²) < 4.78 is 5.06. The van der Waals surface area contributed by atoms with E-state index in [-0.39, 0.29) is 5.91 Å². The van der Waals surface area contributed by atoms with Crippen LogP contribution in [0.15, 0.2) is 22.4 Å². The minimum atomic E-state index is -0.0830. The molecule has 0 aromatic carbocycles. The molecule has 2 aromatic heterocycles. The summed E-state index contributed by atoms with van der Waals surface area (Å²) in [6, 6.07) is 0. The summed E-state index contributed by atoms with van der Waals surface area (Å²) in [6.45, 7) is 5.00. The Bertz CT molecular complexity index is 507. The number of aromatic nitrogens is 2. The van der Waals surface area contributed by atoms with E-state index in [1.54, 1.807) is 29.4 Å². The average Bonchev–Trinajstić information content (AvgIpc) is 3.00. The van der Waals surface area contributed by atoms with E-state index in [1.807, 2.05) is 12.3 Å². The molecule has 0 atom stereocenters. The standard InChI is InChI=1S/C12H15N3O2S/c1-3-15(6-4-10-13-5-7-18-10)12(16)11-9(2)17-8-14-11/h5,7-8H,3-4,6H2,1-2H3. The lowest BCUT2D eigenvalue weighted by molar-refractivity contribution is 0.0759. The molecule has 5 nitrogen and oxygen atoms in total. The minimum absolute atomic E-state index is 0.0830. The number of carbonyl (C=O) groups is 1. The zero-order chi connectivity index (χ0) is 13.0. The molecular formula is C12H15N3O2S. The van der Waals surface area contributed by atoms with Gasteiger partial charge in [0.25, 0.3) is 5.91 Å². The van der Waals surface area contributed by atoms with Gasteiger partial charge in [0.2, 0.25) is 0 Å². The maximum atomic E-state index is 12.2. The van der Waals surface area contributed by atoms with Crippen LogP contribution < -0.4 is 0 Å². The minimum Gasteiger partial charge on any atom is -0.448 e. The molecular weight excluding hydrogens is 250 g/mol. The predicted molar refractivity (Wildman–Crippen MR) is 68.6 cm³/mol. The molecule has 0 aliphatic carbocycles. The first-order valence-corrected chi connectivity index (χ1v) is 6.68. The molecule has 0 saturated carbocycles. The van der Waals surface area contributed by atoms with E-state index < -0.39 is 0 Å². The Morgan fingerprint density at radius 3 is 2.89 bits per heavy atom. The predicted octanol–water partition coefficient (Wildman–Crippen LogP) is 2.14. The second kappa shape index (κ2) is 5.77. The fourth-order valence-corrected chi connectivity index (χ4v) is 2.28. The number of aryl methyl sites for hydroxylation is 1. The van der Waals surface area contributed by atoms with Crippen molar-refractivity contribution in [3.05, 3.63) is 34.4 Å². The Kier molecular flexibility index (Phi) is 4.09. The fourth-order valence-electron chi connectivity index (χ4n) is 1.67. The molecule has 0 fully saturated rings. The van der Waals surface area contributed by atoms with Gasteiger partial charge >= 0.3 is 0 Å². The van der Waals surface area contributed by atoms with Crippen molar-refractivity contribution in [1.29, 1.82) is 0 Å². The Labute approximate surface area is 109 Å². The lowest BCUT2D eigenvalue weighted by atomic mass is 10.3. The van der Waals surface area contributed by atoms with Crippen molar-refractivity contribution in [3.63, 3.8) is 0 Å². The smallest absolute Gasteiger partial charge is 0.276 e. The van der Waals surface area contributed by atoms with E-state index in [0.717, 1.165) is 11.4 Å². The van der Waals surface area contributed by atoms with Crippen LogP contribution in [0.1, 0.15) is 28.2 Å². The first kappa shape index (κ1) is 12.8. The van der Waals surface area contributed by atoms with E-state index in [9.17, 15) is 4.79 Å². The molecule has 0 radical (unpaired) electrons. The van der Waals surface area contributed by atoms with Gasteiger partial charge in [-0.05, 0) is 13.8 Å². The third kappa shape index (κ3) is 2.76. The molecule has 2 heterocycles.